The largest absolute Gasteiger partial charge is 0.298 e. The van der Waals surface area contributed by atoms with Crippen LogP contribution in [0.25, 0.3) is 5.65 Å². The van der Waals surface area contributed by atoms with E-state index in [1.165, 1.54) is 32.1 Å². The van der Waals surface area contributed by atoms with Crippen molar-refractivity contribution < 1.29 is 0 Å². The first kappa shape index (κ1) is 14.3. The Morgan fingerprint density at radius 1 is 1.10 bits per heavy atom. The Labute approximate surface area is 125 Å². The minimum absolute atomic E-state index is 0.0192. The number of fused-ring (bicyclic) bond motifs is 1. The average molecular weight is 285 g/mol. The van der Waals surface area contributed by atoms with Gasteiger partial charge in [0.05, 0.1) is 5.69 Å². The topological polar surface area (TPSA) is 37.6 Å². The summed E-state index contributed by atoms with van der Waals surface area (Å²) in [5.41, 5.74) is 2.73. The number of rotatable bonds is 2. The molecule has 112 valence electrons. The molecular weight excluding hydrogens is 262 g/mol. The first-order valence-corrected chi connectivity index (χ1v) is 7.94. The molecule has 0 spiro atoms. The van der Waals surface area contributed by atoms with Gasteiger partial charge in [-0.1, -0.05) is 25.3 Å². The standard InChI is InChI=1S/C17H23N3O/c1-14-7-8-16-18-15(11-17(21)20(16)12-14)13-19-9-5-3-2-4-6-10-19/h7-8,11-12H,2-6,9-10,13H2,1H3. The van der Waals surface area contributed by atoms with Crippen LogP contribution in [0.3, 0.4) is 0 Å². The molecule has 2 aromatic rings. The second-order valence-electron chi connectivity index (χ2n) is 6.06. The van der Waals surface area contributed by atoms with E-state index in [0.717, 1.165) is 36.5 Å². The highest BCUT2D eigenvalue weighted by molar-refractivity contribution is 5.39. The van der Waals surface area contributed by atoms with E-state index < -0.39 is 0 Å². The van der Waals surface area contributed by atoms with Gasteiger partial charge in [0, 0.05) is 18.8 Å². The third-order valence-corrected chi connectivity index (χ3v) is 4.19. The van der Waals surface area contributed by atoms with Crippen LogP contribution in [0, 0.1) is 6.92 Å². The summed E-state index contributed by atoms with van der Waals surface area (Å²) in [5, 5.41) is 0. The summed E-state index contributed by atoms with van der Waals surface area (Å²) in [5.74, 6) is 0. The summed E-state index contributed by atoms with van der Waals surface area (Å²) in [7, 11) is 0. The van der Waals surface area contributed by atoms with Crippen molar-refractivity contribution in [3.05, 3.63) is 46.0 Å². The van der Waals surface area contributed by atoms with Gasteiger partial charge in [-0.15, -0.1) is 0 Å². The summed E-state index contributed by atoms with van der Waals surface area (Å²) in [4.78, 5) is 19.3. The van der Waals surface area contributed by atoms with Gasteiger partial charge in [-0.2, -0.15) is 0 Å². The molecule has 0 N–H and O–H groups in total. The zero-order valence-electron chi connectivity index (χ0n) is 12.7. The molecule has 2 aromatic heterocycles. The molecule has 1 fully saturated rings. The molecule has 21 heavy (non-hydrogen) atoms. The summed E-state index contributed by atoms with van der Waals surface area (Å²) in [6, 6.07) is 5.61. The van der Waals surface area contributed by atoms with Crippen LogP contribution < -0.4 is 5.56 Å². The fraction of sp³-hybridized carbons (Fsp3) is 0.529. The van der Waals surface area contributed by atoms with Crippen molar-refractivity contribution >= 4 is 5.65 Å². The molecular formula is C17H23N3O. The highest BCUT2D eigenvalue weighted by Gasteiger charge is 2.11. The van der Waals surface area contributed by atoms with Crippen LogP contribution >= 0.6 is 0 Å². The third-order valence-electron chi connectivity index (χ3n) is 4.19. The molecule has 1 aliphatic heterocycles. The molecule has 3 rings (SSSR count). The molecule has 4 heteroatoms. The zero-order valence-corrected chi connectivity index (χ0v) is 12.7. The first-order valence-electron chi connectivity index (χ1n) is 7.94. The Bertz CT molecular complexity index is 669. The molecule has 0 aliphatic carbocycles. The van der Waals surface area contributed by atoms with Gasteiger partial charge in [0.2, 0.25) is 0 Å². The maximum Gasteiger partial charge on any atom is 0.258 e. The van der Waals surface area contributed by atoms with Gasteiger partial charge in [-0.25, -0.2) is 4.98 Å². The number of aryl methyl sites for hydroxylation is 1. The van der Waals surface area contributed by atoms with Crippen molar-refractivity contribution in [2.45, 2.75) is 45.6 Å². The summed E-state index contributed by atoms with van der Waals surface area (Å²) in [6.07, 6.45) is 8.37. The molecule has 0 unspecified atom stereocenters. The van der Waals surface area contributed by atoms with Crippen molar-refractivity contribution in [2.24, 2.45) is 0 Å². The third kappa shape index (κ3) is 3.50. The minimum Gasteiger partial charge on any atom is -0.298 e. The molecule has 0 saturated carbocycles. The Balaban J connectivity index is 1.83. The van der Waals surface area contributed by atoms with Gasteiger partial charge in [0.15, 0.2) is 0 Å². The Morgan fingerprint density at radius 2 is 1.81 bits per heavy atom. The normalized spacial score (nSPS) is 17.6. The van der Waals surface area contributed by atoms with E-state index in [-0.39, 0.29) is 5.56 Å². The maximum absolute atomic E-state index is 12.2. The van der Waals surface area contributed by atoms with Gasteiger partial charge in [-0.05, 0) is 44.5 Å². The lowest BCUT2D eigenvalue weighted by atomic mass is 10.1. The fourth-order valence-electron chi connectivity index (χ4n) is 3.04. The van der Waals surface area contributed by atoms with Crippen LogP contribution in [0.1, 0.15) is 43.4 Å². The zero-order chi connectivity index (χ0) is 14.7. The minimum atomic E-state index is 0.0192. The quantitative estimate of drug-likeness (QED) is 0.851. The lowest BCUT2D eigenvalue weighted by Crippen LogP contribution is -2.28. The number of hydrogen-bond donors (Lipinski definition) is 0. The molecule has 0 atom stereocenters. The predicted molar refractivity (Wildman–Crippen MR) is 84.6 cm³/mol. The van der Waals surface area contributed by atoms with E-state index in [4.69, 9.17) is 0 Å². The van der Waals surface area contributed by atoms with Gasteiger partial charge in [-0.3, -0.25) is 14.1 Å². The smallest absolute Gasteiger partial charge is 0.258 e. The Kier molecular flexibility index (Phi) is 4.34. The fourth-order valence-corrected chi connectivity index (χ4v) is 3.04. The van der Waals surface area contributed by atoms with E-state index in [0.29, 0.717) is 0 Å². The first-order chi connectivity index (χ1) is 10.2. The highest BCUT2D eigenvalue weighted by Crippen LogP contribution is 2.12. The molecule has 1 saturated heterocycles. The average Bonchev–Trinajstić information content (AvgIpc) is 2.43. The second kappa shape index (κ2) is 6.39. The molecule has 0 aromatic carbocycles. The van der Waals surface area contributed by atoms with Crippen LogP contribution in [0.15, 0.2) is 29.2 Å². The molecule has 3 heterocycles. The molecule has 0 amide bonds. The number of likely N-dealkylation sites (tertiary alicyclic amines) is 1. The SMILES string of the molecule is Cc1ccc2nc(CN3CCCCCCC3)cc(=O)n2c1. The molecule has 0 bridgehead atoms. The Hall–Kier alpha value is -1.68. The molecule has 4 nitrogen and oxygen atoms in total. The monoisotopic (exact) mass is 285 g/mol. The van der Waals surface area contributed by atoms with Crippen LogP contribution in [0.2, 0.25) is 0 Å². The van der Waals surface area contributed by atoms with Crippen LogP contribution in [-0.4, -0.2) is 27.4 Å². The lowest BCUT2D eigenvalue weighted by Gasteiger charge is -2.24. The molecule has 1 aliphatic rings. The predicted octanol–water partition coefficient (Wildman–Crippen LogP) is 2.77. The van der Waals surface area contributed by atoms with E-state index in [2.05, 4.69) is 9.88 Å². The number of aromatic nitrogens is 2. The van der Waals surface area contributed by atoms with Gasteiger partial charge in [0.25, 0.3) is 5.56 Å². The van der Waals surface area contributed by atoms with Crippen molar-refractivity contribution in [3.8, 4) is 0 Å². The van der Waals surface area contributed by atoms with E-state index >= 15 is 0 Å². The van der Waals surface area contributed by atoms with Crippen molar-refractivity contribution in [3.63, 3.8) is 0 Å². The van der Waals surface area contributed by atoms with E-state index in [1.54, 1.807) is 10.5 Å². The number of nitrogens with zero attached hydrogens (tertiary/aromatic N) is 3. The second-order valence-corrected chi connectivity index (χ2v) is 6.06. The van der Waals surface area contributed by atoms with Crippen molar-refractivity contribution in [2.75, 3.05) is 13.1 Å². The maximum atomic E-state index is 12.2. The number of hydrogen-bond acceptors (Lipinski definition) is 3. The van der Waals surface area contributed by atoms with Crippen molar-refractivity contribution in [1.82, 2.24) is 14.3 Å². The summed E-state index contributed by atoms with van der Waals surface area (Å²) >= 11 is 0. The highest BCUT2D eigenvalue weighted by atomic mass is 16.1. The van der Waals surface area contributed by atoms with E-state index in [1.807, 2.05) is 25.3 Å². The van der Waals surface area contributed by atoms with Gasteiger partial charge in [0.1, 0.15) is 5.65 Å². The van der Waals surface area contributed by atoms with E-state index in [9.17, 15) is 4.79 Å². The summed E-state index contributed by atoms with van der Waals surface area (Å²) < 4.78 is 1.63. The summed E-state index contributed by atoms with van der Waals surface area (Å²) in [6.45, 7) is 5.02. The number of pyridine rings is 1. The van der Waals surface area contributed by atoms with Crippen LogP contribution in [0.4, 0.5) is 0 Å². The van der Waals surface area contributed by atoms with Crippen molar-refractivity contribution in [1.29, 1.82) is 0 Å². The van der Waals surface area contributed by atoms with Gasteiger partial charge >= 0.3 is 0 Å². The van der Waals surface area contributed by atoms with Crippen LogP contribution in [-0.2, 0) is 6.54 Å². The van der Waals surface area contributed by atoms with Gasteiger partial charge < -0.3 is 0 Å². The molecule has 0 radical (unpaired) electrons. The van der Waals surface area contributed by atoms with Crippen LogP contribution in [0.5, 0.6) is 0 Å². The lowest BCUT2D eigenvalue weighted by molar-refractivity contribution is 0.237. The Morgan fingerprint density at radius 3 is 2.57 bits per heavy atom.